The second-order valence-corrected chi connectivity index (χ2v) is 5.98. The van der Waals surface area contributed by atoms with Crippen LogP contribution in [0.1, 0.15) is 34.2 Å². The molecule has 0 atom stereocenters. The van der Waals surface area contributed by atoms with Crippen LogP contribution in [0.5, 0.6) is 0 Å². The van der Waals surface area contributed by atoms with E-state index in [0.717, 1.165) is 34.2 Å². The molecule has 0 aromatic carbocycles. The van der Waals surface area contributed by atoms with Crippen molar-refractivity contribution < 1.29 is 20.4 Å². The fraction of sp³-hybridized carbons (Fsp3) is 0.400. The Hall–Kier alpha value is -0.913. The number of H-pyrrole nitrogens is 3. The smallest absolute Gasteiger partial charge is 0.255 e. The minimum atomic E-state index is 0. The standard InChI is InChI=1S/C15H21BN6.HI.Pd/c1-7-13(8(2)18-17-7)16(14-9(3)19-20-10(14)4)15-11(5)21-22-12(15)6;;/h1-6H3,(H,17,18)(H,19,20)(H,21,22);1H;. The minimum Gasteiger partial charge on any atom is -0.283 e. The maximum Gasteiger partial charge on any atom is 0.255 e. The van der Waals surface area contributed by atoms with Crippen molar-refractivity contribution in [3.63, 3.8) is 0 Å². The van der Waals surface area contributed by atoms with Gasteiger partial charge in [-0.15, -0.1) is 24.0 Å². The van der Waals surface area contributed by atoms with Gasteiger partial charge in [0.05, 0.1) is 17.1 Å². The van der Waals surface area contributed by atoms with Crippen LogP contribution in [0.3, 0.4) is 0 Å². The summed E-state index contributed by atoms with van der Waals surface area (Å²) in [5.41, 5.74) is 9.93. The van der Waals surface area contributed by atoms with Gasteiger partial charge in [0, 0.05) is 37.5 Å². The Bertz CT molecular complexity index is 669. The molecule has 0 fully saturated rings. The Morgan fingerprint density at radius 3 is 1.00 bits per heavy atom. The SMILES string of the molecule is Cc1n[nH]c(C)c1B(c1c(C)n[nH]c1C)c1c(C)n[nH]c1C.I.[Pd]. The summed E-state index contributed by atoms with van der Waals surface area (Å²) in [4.78, 5) is 0. The number of rotatable bonds is 3. The van der Waals surface area contributed by atoms with Crippen molar-refractivity contribution in [1.29, 1.82) is 0 Å². The molecule has 3 N–H and O–H groups in total. The fourth-order valence-electron chi connectivity index (χ4n) is 3.39. The Kier molecular flexibility index (Phi) is 7.02. The number of hydrogen-bond donors (Lipinski definition) is 3. The van der Waals surface area contributed by atoms with Gasteiger partial charge in [-0.25, -0.2) is 0 Å². The van der Waals surface area contributed by atoms with Gasteiger partial charge in [0.2, 0.25) is 0 Å². The molecule has 0 unspecified atom stereocenters. The first kappa shape index (κ1) is 21.1. The third-order valence-corrected chi connectivity index (χ3v) is 4.42. The Labute approximate surface area is 173 Å². The molecule has 0 saturated heterocycles. The maximum atomic E-state index is 4.39. The van der Waals surface area contributed by atoms with Crippen molar-refractivity contribution in [2.45, 2.75) is 41.5 Å². The Morgan fingerprint density at radius 1 is 0.583 bits per heavy atom. The van der Waals surface area contributed by atoms with Crippen LogP contribution in [0, 0.1) is 41.5 Å². The number of nitrogens with zero attached hydrogens (tertiary/aromatic N) is 3. The van der Waals surface area contributed by atoms with E-state index in [1.54, 1.807) is 0 Å². The van der Waals surface area contributed by atoms with Gasteiger partial charge in [-0.05, 0) is 57.9 Å². The molecule has 0 aliphatic heterocycles. The van der Waals surface area contributed by atoms with Crippen LogP contribution in [0.15, 0.2) is 0 Å². The van der Waals surface area contributed by atoms with E-state index in [9.17, 15) is 0 Å². The van der Waals surface area contributed by atoms with Crippen molar-refractivity contribution in [3.8, 4) is 0 Å². The van der Waals surface area contributed by atoms with Crippen LogP contribution in [-0.4, -0.2) is 37.3 Å². The Balaban J connectivity index is 0.00000144. The Morgan fingerprint density at radius 2 is 0.833 bits per heavy atom. The summed E-state index contributed by atoms with van der Waals surface area (Å²) in [6.07, 6.45) is 0. The number of hydrogen-bond acceptors (Lipinski definition) is 3. The molecule has 0 amide bonds. The van der Waals surface area contributed by atoms with E-state index in [1.165, 1.54) is 16.4 Å². The largest absolute Gasteiger partial charge is 0.283 e. The maximum absolute atomic E-state index is 4.39. The van der Waals surface area contributed by atoms with Gasteiger partial charge in [0.1, 0.15) is 0 Å². The molecule has 24 heavy (non-hydrogen) atoms. The number of aromatic amines is 3. The van der Waals surface area contributed by atoms with Crippen molar-refractivity contribution in [2.75, 3.05) is 0 Å². The second-order valence-electron chi connectivity index (χ2n) is 5.98. The quantitative estimate of drug-likeness (QED) is 0.347. The van der Waals surface area contributed by atoms with Gasteiger partial charge in [0.25, 0.3) is 6.71 Å². The zero-order valence-electron chi connectivity index (χ0n) is 14.6. The van der Waals surface area contributed by atoms with Gasteiger partial charge >= 0.3 is 0 Å². The van der Waals surface area contributed by atoms with E-state index in [4.69, 9.17) is 0 Å². The normalized spacial score (nSPS) is 10.2. The van der Waals surface area contributed by atoms with Crippen LogP contribution >= 0.6 is 24.0 Å². The summed E-state index contributed by atoms with van der Waals surface area (Å²) in [6, 6.07) is 0. The topological polar surface area (TPSA) is 86.0 Å². The minimum absolute atomic E-state index is 0. The fourth-order valence-corrected chi connectivity index (χ4v) is 3.39. The molecule has 3 rings (SSSR count). The second kappa shape index (κ2) is 7.98. The molecule has 3 heterocycles. The molecule has 3 aromatic rings. The van der Waals surface area contributed by atoms with Crippen molar-refractivity contribution in [3.05, 3.63) is 34.2 Å². The molecule has 9 heteroatoms. The van der Waals surface area contributed by atoms with Crippen LogP contribution in [0.25, 0.3) is 0 Å². The summed E-state index contributed by atoms with van der Waals surface area (Å²) in [7, 11) is 0. The van der Waals surface area contributed by atoms with Crippen LogP contribution in [0.2, 0.25) is 0 Å². The van der Waals surface area contributed by atoms with Crippen molar-refractivity contribution in [2.24, 2.45) is 0 Å². The van der Waals surface area contributed by atoms with E-state index in [1.807, 2.05) is 20.8 Å². The molecule has 0 bridgehead atoms. The predicted molar refractivity (Wildman–Crippen MR) is 104 cm³/mol. The summed E-state index contributed by atoms with van der Waals surface area (Å²) in [5, 5.41) is 22.5. The zero-order valence-corrected chi connectivity index (χ0v) is 18.5. The first-order chi connectivity index (χ1) is 10.4. The third-order valence-electron chi connectivity index (χ3n) is 4.42. The summed E-state index contributed by atoms with van der Waals surface area (Å²) in [5.74, 6) is 0. The van der Waals surface area contributed by atoms with Crippen LogP contribution in [0.4, 0.5) is 0 Å². The molecule has 0 saturated carbocycles. The molecule has 132 valence electrons. The molecule has 0 aliphatic rings. The van der Waals surface area contributed by atoms with E-state index in [-0.39, 0.29) is 51.1 Å². The number of halogens is 1. The first-order valence-electron chi connectivity index (χ1n) is 7.46. The average Bonchev–Trinajstić information content (AvgIpc) is 3.08. The van der Waals surface area contributed by atoms with E-state index < -0.39 is 0 Å². The van der Waals surface area contributed by atoms with E-state index >= 15 is 0 Å². The van der Waals surface area contributed by atoms with Gasteiger partial charge < -0.3 is 0 Å². The number of aryl methyl sites for hydroxylation is 6. The molecular weight excluding hydrogens is 508 g/mol. The van der Waals surface area contributed by atoms with Gasteiger partial charge in [0.15, 0.2) is 0 Å². The van der Waals surface area contributed by atoms with Crippen molar-refractivity contribution in [1.82, 2.24) is 30.6 Å². The van der Waals surface area contributed by atoms with E-state index in [0.29, 0.717) is 0 Å². The summed E-state index contributed by atoms with van der Waals surface area (Å²) < 4.78 is 0. The molecule has 3 aromatic heterocycles. The summed E-state index contributed by atoms with van der Waals surface area (Å²) >= 11 is 0. The molecular formula is C15H22BIN6Pd. The van der Waals surface area contributed by atoms with E-state index in [2.05, 4.69) is 51.4 Å². The van der Waals surface area contributed by atoms with Crippen LogP contribution < -0.4 is 16.4 Å². The number of nitrogens with one attached hydrogen (secondary N) is 3. The molecule has 0 spiro atoms. The van der Waals surface area contributed by atoms with Gasteiger partial charge in [-0.3, -0.25) is 15.3 Å². The molecule has 0 radical (unpaired) electrons. The predicted octanol–water partition coefficient (Wildman–Crippen LogP) is 0.838. The number of aromatic nitrogens is 6. The van der Waals surface area contributed by atoms with Crippen LogP contribution in [-0.2, 0) is 20.4 Å². The van der Waals surface area contributed by atoms with Crippen molar-refractivity contribution >= 4 is 47.1 Å². The summed E-state index contributed by atoms with van der Waals surface area (Å²) in [6.45, 7) is 12.4. The van der Waals surface area contributed by atoms with Gasteiger partial charge in [-0.1, -0.05) is 0 Å². The molecule has 0 aliphatic carbocycles. The zero-order chi connectivity index (χ0) is 16.0. The average molecular weight is 531 g/mol. The molecule has 6 nitrogen and oxygen atoms in total. The first-order valence-corrected chi connectivity index (χ1v) is 7.46. The van der Waals surface area contributed by atoms with Gasteiger partial charge in [-0.2, -0.15) is 15.3 Å². The third kappa shape index (κ3) is 3.39. The monoisotopic (exact) mass is 530 g/mol.